The van der Waals surface area contributed by atoms with Crippen molar-refractivity contribution in [2.24, 2.45) is 0 Å². The summed E-state index contributed by atoms with van der Waals surface area (Å²) < 4.78 is 23.6. The van der Waals surface area contributed by atoms with Gasteiger partial charge in [0, 0.05) is 26.8 Å². The maximum Gasteiger partial charge on any atom is 0.338 e. The molecule has 3 aromatic carbocycles. The van der Waals surface area contributed by atoms with E-state index < -0.39 is 11.6 Å². The van der Waals surface area contributed by atoms with E-state index in [1.165, 1.54) is 7.11 Å². The lowest BCUT2D eigenvalue weighted by Gasteiger charge is -2.37. The van der Waals surface area contributed by atoms with Gasteiger partial charge in [0.05, 0.1) is 26.9 Å². The molecular weight excluding hydrogens is 436 g/mol. The van der Waals surface area contributed by atoms with Crippen LogP contribution in [0.4, 0.5) is 0 Å². The molecule has 0 atom stereocenters. The number of benzene rings is 3. The van der Waals surface area contributed by atoms with Crippen molar-refractivity contribution < 1.29 is 23.7 Å². The molecule has 0 unspecified atom stereocenters. The van der Waals surface area contributed by atoms with Crippen molar-refractivity contribution in [3.63, 3.8) is 0 Å². The van der Waals surface area contributed by atoms with Gasteiger partial charge < -0.3 is 18.9 Å². The Bertz CT molecular complexity index is 1300. The molecule has 33 heavy (non-hydrogen) atoms. The van der Waals surface area contributed by atoms with Crippen molar-refractivity contribution in [1.29, 1.82) is 0 Å². The quantitative estimate of drug-likeness (QED) is 0.341. The summed E-state index contributed by atoms with van der Waals surface area (Å²) in [6, 6.07) is 19.5. The molecule has 1 aliphatic heterocycles. The van der Waals surface area contributed by atoms with Gasteiger partial charge >= 0.3 is 5.97 Å². The van der Waals surface area contributed by atoms with Gasteiger partial charge in [0.25, 0.3) is 0 Å². The highest BCUT2D eigenvalue weighted by Gasteiger charge is 2.39. The minimum atomic E-state index is -0.908. The Labute approximate surface area is 195 Å². The number of carbonyl (C=O) groups excluding carboxylic acids is 1. The molecule has 5 rings (SSSR count). The highest BCUT2D eigenvalue weighted by atomic mass is 32.1. The maximum absolute atomic E-state index is 12.6. The summed E-state index contributed by atoms with van der Waals surface area (Å²) >= 11 is 1.56. The molecule has 0 saturated heterocycles. The van der Waals surface area contributed by atoms with Gasteiger partial charge in [0.2, 0.25) is 0 Å². The summed E-state index contributed by atoms with van der Waals surface area (Å²) in [7, 11) is 4.67. The van der Waals surface area contributed by atoms with E-state index in [0.29, 0.717) is 16.9 Å². The van der Waals surface area contributed by atoms with Crippen molar-refractivity contribution >= 4 is 33.5 Å². The van der Waals surface area contributed by atoms with E-state index in [4.69, 9.17) is 18.9 Å². The van der Waals surface area contributed by atoms with Crippen LogP contribution in [-0.2, 0) is 10.3 Å². The number of hydrogen-bond donors (Lipinski definition) is 0. The minimum Gasteiger partial charge on any atom is -0.497 e. The highest BCUT2D eigenvalue weighted by Crippen LogP contribution is 2.47. The molecule has 166 valence electrons. The molecule has 4 aromatic rings. The van der Waals surface area contributed by atoms with Crippen molar-refractivity contribution in [3.05, 3.63) is 94.4 Å². The molecule has 1 aromatic heterocycles. The van der Waals surface area contributed by atoms with Gasteiger partial charge in [0.1, 0.15) is 17.2 Å². The number of methoxy groups -OCH3 is 3. The fourth-order valence-electron chi connectivity index (χ4n) is 4.20. The molecule has 0 aliphatic carbocycles. The van der Waals surface area contributed by atoms with Crippen molar-refractivity contribution in [3.8, 4) is 17.2 Å². The molecule has 0 saturated carbocycles. The number of carbonyl (C=O) groups is 1. The molecule has 6 heteroatoms. The SMILES string of the molecule is COC(=O)c1cc2sccc2c2c1C=CC(c1ccc(OC)cc1)(c1ccc(OC)cc1)O2. The van der Waals surface area contributed by atoms with Gasteiger partial charge in [-0.2, -0.15) is 0 Å². The average molecular weight is 459 g/mol. The molecule has 0 N–H and O–H groups in total. The number of thiophene rings is 1. The van der Waals surface area contributed by atoms with Crippen LogP contribution in [0.3, 0.4) is 0 Å². The van der Waals surface area contributed by atoms with Crippen LogP contribution in [0.1, 0.15) is 27.0 Å². The number of ether oxygens (including phenoxy) is 4. The van der Waals surface area contributed by atoms with Gasteiger partial charge in [-0.3, -0.25) is 0 Å². The van der Waals surface area contributed by atoms with Crippen molar-refractivity contribution in [2.75, 3.05) is 21.3 Å². The van der Waals surface area contributed by atoms with Gasteiger partial charge in [-0.25, -0.2) is 4.79 Å². The van der Waals surface area contributed by atoms with Crippen LogP contribution in [0.5, 0.6) is 17.2 Å². The van der Waals surface area contributed by atoms with E-state index in [2.05, 4.69) is 0 Å². The van der Waals surface area contributed by atoms with E-state index in [9.17, 15) is 4.79 Å². The fraction of sp³-hybridized carbons (Fsp3) is 0.148. The molecule has 5 nitrogen and oxygen atoms in total. The maximum atomic E-state index is 12.6. The molecule has 0 fully saturated rings. The van der Waals surface area contributed by atoms with Crippen LogP contribution in [0.25, 0.3) is 16.2 Å². The first-order valence-corrected chi connectivity index (χ1v) is 11.3. The Hall–Kier alpha value is -3.77. The first-order valence-electron chi connectivity index (χ1n) is 10.4. The standard InChI is InChI=1S/C27H22O5S/c1-29-19-8-4-17(5-9-19)27(18-6-10-20(30-2)11-7-18)14-12-21-23(26(28)31-3)16-24-22(13-15-33-24)25(21)32-27/h4-16H,1-3H3. The van der Waals surface area contributed by atoms with Gasteiger partial charge in [-0.05, 0) is 53.9 Å². The first kappa shape index (κ1) is 21.1. The van der Waals surface area contributed by atoms with E-state index in [1.807, 2.05) is 78.2 Å². The van der Waals surface area contributed by atoms with Crippen LogP contribution < -0.4 is 14.2 Å². The van der Waals surface area contributed by atoms with Crippen LogP contribution in [0.15, 0.2) is 72.1 Å². The summed E-state index contributed by atoms with van der Waals surface area (Å²) in [4.78, 5) is 12.6. The van der Waals surface area contributed by atoms with Crippen LogP contribution in [0.2, 0.25) is 0 Å². The van der Waals surface area contributed by atoms with E-state index >= 15 is 0 Å². The smallest absolute Gasteiger partial charge is 0.338 e. The monoisotopic (exact) mass is 458 g/mol. The molecule has 2 heterocycles. The molecule has 1 aliphatic rings. The highest BCUT2D eigenvalue weighted by molar-refractivity contribution is 7.17. The second-order valence-electron chi connectivity index (χ2n) is 7.62. The third-order valence-corrected chi connectivity index (χ3v) is 6.80. The molecule has 0 amide bonds. The Balaban J connectivity index is 1.75. The summed E-state index contributed by atoms with van der Waals surface area (Å²) in [6.45, 7) is 0. The molecule has 0 spiro atoms. The number of hydrogen-bond acceptors (Lipinski definition) is 6. The van der Waals surface area contributed by atoms with Crippen LogP contribution in [0, 0.1) is 0 Å². The zero-order valence-electron chi connectivity index (χ0n) is 18.5. The Morgan fingerprint density at radius 3 is 2.03 bits per heavy atom. The normalized spacial score (nSPS) is 13.8. The largest absolute Gasteiger partial charge is 0.497 e. The van der Waals surface area contributed by atoms with Crippen LogP contribution >= 0.6 is 11.3 Å². The van der Waals surface area contributed by atoms with Crippen molar-refractivity contribution in [2.45, 2.75) is 5.60 Å². The van der Waals surface area contributed by atoms with E-state index in [1.54, 1.807) is 25.6 Å². The first-order chi connectivity index (χ1) is 16.1. The zero-order valence-corrected chi connectivity index (χ0v) is 19.3. The summed E-state index contributed by atoms with van der Waals surface area (Å²) in [5.74, 6) is 1.79. The average Bonchev–Trinajstić information content (AvgIpc) is 3.36. The van der Waals surface area contributed by atoms with E-state index in [-0.39, 0.29) is 0 Å². The van der Waals surface area contributed by atoms with Gasteiger partial charge in [0.15, 0.2) is 5.60 Å². The second kappa shape index (κ2) is 8.30. The zero-order chi connectivity index (χ0) is 23.0. The second-order valence-corrected chi connectivity index (χ2v) is 8.57. The third kappa shape index (κ3) is 3.43. The molecule has 0 radical (unpaired) electrons. The lowest BCUT2D eigenvalue weighted by Crippen LogP contribution is -2.34. The van der Waals surface area contributed by atoms with E-state index in [0.717, 1.165) is 32.7 Å². The Morgan fingerprint density at radius 1 is 0.879 bits per heavy atom. The lowest BCUT2D eigenvalue weighted by molar-refractivity contribution is 0.0599. The molecular formula is C27H22O5S. The Kier molecular flexibility index (Phi) is 5.30. The Morgan fingerprint density at radius 2 is 1.48 bits per heavy atom. The predicted molar refractivity (Wildman–Crippen MR) is 130 cm³/mol. The van der Waals surface area contributed by atoms with Crippen LogP contribution in [-0.4, -0.2) is 27.3 Å². The third-order valence-electron chi connectivity index (χ3n) is 5.94. The summed E-state index contributed by atoms with van der Waals surface area (Å²) in [5, 5.41) is 2.95. The topological polar surface area (TPSA) is 54.0 Å². The number of rotatable bonds is 5. The summed E-state index contributed by atoms with van der Waals surface area (Å²) in [5.41, 5.74) is 2.15. The van der Waals surface area contributed by atoms with Gasteiger partial charge in [-0.1, -0.05) is 24.3 Å². The number of fused-ring (bicyclic) bond motifs is 3. The van der Waals surface area contributed by atoms with Crippen molar-refractivity contribution in [1.82, 2.24) is 0 Å². The number of esters is 1. The minimum absolute atomic E-state index is 0.392. The lowest BCUT2D eigenvalue weighted by atomic mass is 9.83. The predicted octanol–water partition coefficient (Wildman–Crippen LogP) is 6.05. The fourth-order valence-corrected chi connectivity index (χ4v) is 5.03. The van der Waals surface area contributed by atoms with Gasteiger partial charge in [-0.15, -0.1) is 11.3 Å². The summed E-state index contributed by atoms with van der Waals surface area (Å²) in [6.07, 6.45) is 3.94. The molecule has 0 bridgehead atoms.